The lowest BCUT2D eigenvalue weighted by Gasteiger charge is -1.95. The molecule has 4 nitrogen and oxygen atoms in total. The van der Waals surface area contributed by atoms with Crippen molar-refractivity contribution in [2.45, 2.75) is 6.42 Å². The molecule has 1 aliphatic carbocycles. The first-order valence-electron chi connectivity index (χ1n) is 4.09. The summed E-state index contributed by atoms with van der Waals surface area (Å²) in [7, 11) is 0. The van der Waals surface area contributed by atoms with Crippen LogP contribution in [0, 0.1) is 10.1 Å². The number of hydrogen-bond acceptors (Lipinski definition) is 3. The van der Waals surface area contributed by atoms with Gasteiger partial charge >= 0.3 is 0 Å². The number of carbonyl (C=O) groups is 1. The molecule has 0 heterocycles. The average Bonchev–Trinajstić information content (AvgIpc) is 2.42. The van der Waals surface area contributed by atoms with Crippen LogP contribution in [-0.2, 0) is 6.42 Å². The Balaban J connectivity index is 2.55. The van der Waals surface area contributed by atoms with E-state index >= 15 is 0 Å². The highest BCUT2D eigenvalue weighted by atomic mass is 16.6. The number of fused-ring (bicyclic) bond motifs is 1. The minimum atomic E-state index is -0.466. The molecule has 1 aliphatic rings. The number of non-ortho nitro benzene ring substituents is 1. The van der Waals surface area contributed by atoms with Crippen molar-refractivity contribution in [1.82, 2.24) is 0 Å². The monoisotopic (exact) mass is 189 g/mol. The molecule has 0 aliphatic heterocycles. The van der Waals surface area contributed by atoms with Crippen LogP contribution in [0.5, 0.6) is 0 Å². The second kappa shape index (κ2) is 2.77. The number of Topliss-reactive ketones (excluding diaryl/α,β-unsaturated/α-hetero) is 1. The molecule has 0 spiro atoms. The van der Waals surface area contributed by atoms with Crippen molar-refractivity contribution in [1.29, 1.82) is 0 Å². The summed E-state index contributed by atoms with van der Waals surface area (Å²) in [6.45, 7) is 3.61. The van der Waals surface area contributed by atoms with Crippen LogP contribution in [0.25, 0.3) is 0 Å². The van der Waals surface area contributed by atoms with Gasteiger partial charge in [-0.25, -0.2) is 0 Å². The van der Waals surface area contributed by atoms with Crippen molar-refractivity contribution < 1.29 is 9.72 Å². The topological polar surface area (TPSA) is 60.2 Å². The van der Waals surface area contributed by atoms with E-state index in [0.29, 0.717) is 23.1 Å². The third-order valence-corrected chi connectivity index (χ3v) is 2.27. The Morgan fingerprint density at radius 1 is 1.43 bits per heavy atom. The lowest BCUT2D eigenvalue weighted by molar-refractivity contribution is -0.384. The molecule has 0 unspecified atom stereocenters. The molecular weight excluding hydrogens is 182 g/mol. The number of ketones is 1. The van der Waals surface area contributed by atoms with Gasteiger partial charge in [0, 0.05) is 24.1 Å². The highest BCUT2D eigenvalue weighted by molar-refractivity contribution is 6.12. The number of rotatable bonds is 1. The number of allylic oxidation sites excluding steroid dienone is 1. The van der Waals surface area contributed by atoms with Gasteiger partial charge in [-0.15, -0.1) is 0 Å². The predicted molar refractivity (Wildman–Crippen MR) is 50.3 cm³/mol. The summed E-state index contributed by atoms with van der Waals surface area (Å²) in [5.41, 5.74) is 1.77. The van der Waals surface area contributed by atoms with Crippen LogP contribution < -0.4 is 0 Å². The first-order chi connectivity index (χ1) is 6.59. The molecule has 0 N–H and O–H groups in total. The third-order valence-electron chi connectivity index (χ3n) is 2.27. The Morgan fingerprint density at radius 2 is 2.14 bits per heavy atom. The fourth-order valence-corrected chi connectivity index (χ4v) is 1.56. The molecule has 1 aromatic rings. The van der Waals surface area contributed by atoms with Gasteiger partial charge in [0.2, 0.25) is 0 Å². The molecule has 0 amide bonds. The minimum Gasteiger partial charge on any atom is -0.289 e. The van der Waals surface area contributed by atoms with Crippen molar-refractivity contribution in [3.8, 4) is 0 Å². The van der Waals surface area contributed by atoms with Gasteiger partial charge < -0.3 is 0 Å². The first kappa shape index (κ1) is 8.62. The molecule has 0 bridgehead atoms. The van der Waals surface area contributed by atoms with E-state index in [4.69, 9.17) is 0 Å². The molecule has 14 heavy (non-hydrogen) atoms. The van der Waals surface area contributed by atoms with E-state index in [1.54, 1.807) is 0 Å². The maximum atomic E-state index is 11.4. The molecule has 0 atom stereocenters. The SMILES string of the molecule is C=C1Cc2cc([N+](=O)[O-])ccc2C1=O. The number of benzene rings is 1. The molecule has 70 valence electrons. The van der Waals surface area contributed by atoms with Crippen molar-refractivity contribution in [2.75, 3.05) is 0 Å². The summed E-state index contributed by atoms with van der Waals surface area (Å²) in [6, 6.07) is 4.27. The number of nitro groups is 1. The van der Waals surface area contributed by atoms with Crippen LogP contribution in [-0.4, -0.2) is 10.7 Å². The number of nitrogens with zero attached hydrogens (tertiary/aromatic N) is 1. The maximum absolute atomic E-state index is 11.4. The fourth-order valence-electron chi connectivity index (χ4n) is 1.56. The van der Waals surface area contributed by atoms with Crippen LogP contribution >= 0.6 is 0 Å². The van der Waals surface area contributed by atoms with Gasteiger partial charge in [0.1, 0.15) is 0 Å². The van der Waals surface area contributed by atoms with E-state index in [1.807, 2.05) is 0 Å². The van der Waals surface area contributed by atoms with Gasteiger partial charge in [-0.2, -0.15) is 0 Å². The van der Waals surface area contributed by atoms with Crippen LogP contribution in [0.4, 0.5) is 5.69 Å². The molecule has 0 aromatic heterocycles. The number of nitro benzene ring substituents is 1. The lowest BCUT2D eigenvalue weighted by Crippen LogP contribution is -1.94. The molecule has 4 heteroatoms. The molecular formula is C10H7NO3. The van der Waals surface area contributed by atoms with Gasteiger partial charge in [-0.1, -0.05) is 6.58 Å². The van der Waals surface area contributed by atoms with E-state index in [0.717, 1.165) is 0 Å². The standard InChI is InChI=1S/C10H7NO3/c1-6-4-7-5-8(11(13)14)2-3-9(7)10(6)12/h2-3,5H,1,4H2. The quantitative estimate of drug-likeness (QED) is 0.385. The summed E-state index contributed by atoms with van der Waals surface area (Å²) in [5, 5.41) is 10.5. The normalized spacial score (nSPS) is 14.3. The summed E-state index contributed by atoms with van der Waals surface area (Å²) in [4.78, 5) is 21.4. The Kier molecular flexibility index (Phi) is 1.70. The second-order valence-corrected chi connectivity index (χ2v) is 3.21. The number of hydrogen-bond donors (Lipinski definition) is 0. The Bertz CT molecular complexity index is 462. The molecule has 0 fully saturated rings. The van der Waals surface area contributed by atoms with Gasteiger partial charge in [0.15, 0.2) is 5.78 Å². The third kappa shape index (κ3) is 1.12. The summed E-state index contributed by atoms with van der Waals surface area (Å²) in [6.07, 6.45) is 0.426. The van der Waals surface area contributed by atoms with E-state index < -0.39 is 4.92 Å². The minimum absolute atomic E-state index is 0.0197. The van der Waals surface area contributed by atoms with E-state index in [2.05, 4.69) is 6.58 Å². The second-order valence-electron chi connectivity index (χ2n) is 3.21. The highest BCUT2D eigenvalue weighted by Crippen LogP contribution is 2.28. The predicted octanol–water partition coefficient (Wildman–Crippen LogP) is 1.89. The zero-order valence-corrected chi connectivity index (χ0v) is 7.32. The van der Waals surface area contributed by atoms with Crippen LogP contribution in [0.2, 0.25) is 0 Å². The zero-order valence-electron chi connectivity index (χ0n) is 7.32. The van der Waals surface area contributed by atoms with Gasteiger partial charge in [0.05, 0.1) is 4.92 Å². The van der Waals surface area contributed by atoms with Crippen molar-refractivity contribution in [3.63, 3.8) is 0 Å². The molecule has 0 saturated carbocycles. The van der Waals surface area contributed by atoms with Crippen LogP contribution in [0.15, 0.2) is 30.4 Å². The molecule has 0 radical (unpaired) electrons. The smallest absolute Gasteiger partial charge is 0.269 e. The van der Waals surface area contributed by atoms with E-state index in [1.165, 1.54) is 18.2 Å². The Labute approximate surface area is 80.0 Å². The largest absolute Gasteiger partial charge is 0.289 e. The van der Waals surface area contributed by atoms with Crippen LogP contribution in [0.1, 0.15) is 15.9 Å². The first-order valence-corrected chi connectivity index (χ1v) is 4.09. The average molecular weight is 189 g/mol. The van der Waals surface area contributed by atoms with Gasteiger partial charge in [-0.05, 0) is 17.2 Å². The summed E-state index contributed by atoms with van der Waals surface area (Å²) >= 11 is 0. The molecule has 2 rings (SSSR count). The zero-order chi connectivity index (χ0) is 10.3. The van der Waals surface area contributed by atoms with Crippen molar-refractivity contribution >= 4 is 11.5 Å². The maximum Gasteiger partial charge on any atom is 0.269 e. The van der Waals surface area contributed by atoms with E-state index in [-0.39, 0.29) is 11.5 Å². The summed E-state index contributed by atoms with van der Waals surface area (Å²) < 4.78 is 0. The van der Waals surface area contributed by atoms with Gasteiger partial charge in [0.25, 0.3) is 5.69 Å². The van der Waals surface area contributed by atoms with Crippen molar-refractivity contribution in [2.24, 2.45) is 0 Å². The highest BCUT2D eigenvalue weighted by Gasteiger charge is 2.24. The Hall–Kier alpha value is -1.97. The lowest BCUT2D eigenvalue weighted by atomic mass is 10.1. The van der Waals surface area contributed by atoms with Crippen LogP contribution in [0.3, 0.4) is 0 Å². The fraction of sp³-hybridized carbons (Fsp3) is 0.100. The van der Waals surface area contributed by atoms with Gasteiger partial charge in [-0.3, -0.25) is 14.9 Å². The molecule has 0 saturated heterocycles. The molecule has 1 aromatic carbocycles. The summed E-state index contributed by atoms with van der Waals surface area (Å²) in [5.74, 6) is -0.102. The van der Waals surface area contributed by atoms with Crippen molar-refractivity contribution in [3.05, 3.63) is 51.6 Å². The van der Waals surface area contributed by atoms with E-state index in [9.17, 15) is 14.9 Å². The number of carbonyl (C=O) groups excluding carboxylic acids is 1. The Morgan fingerprint density at radius 3 is 2.79 bits per heavy atom.